The van der Waals surface area contributed by atoms with E-state index in [0.717, 1.165) is 22.0 Å². The zero-order chi connectivity index (χ0) is 17.5. The first kappa shape index (κ1) is 16.6. The monoisotopic (exact) mass is 332 g/mol. The lowest BCUT2D eigenvalue weighted by Crippen LogP contribution is -2.36. The molecule has 0 aliphatic rings. The molecule has 0 fully saturated rings. The number of amides is 1. The maximum absolute atomic E-state index is 12.4. The molecule has 1 amide bonds. The molecular formula is C20H20N4O. The second-order valence-electron chi connectivity index (χ2n) is 5.65. The van der Waals surface area contributed by atoms with Crippen molar-refractivity contribution in [1.29, 1.82) is 0 Å². The van der Waals surface area contributed by atoms with Gasteiger partial charge in [-0.15, -0.1) is 0 Å². The van der Waals surface area contributed by atoms with Crippen molar-refractivity contribution < 1.29 is 4.79 Å². The van der Waals surface area contributed by atoms with Crippen LogP contribution in [0.1, 0.15) is 18.9 Å². The lowest BCUT2D eigenvalue weighted by atomic mass is 10.1. The van der Waals surface area contributed by atoms with Gasteiger partial charge in [0.2, 0.25) is 0 Å². The number of benzene rings is 2. The molecule has 0 aliphatic carbocycles. The van der Waals surface area contributed by atoms with Crippen LogP contribution in [-0.2, 0) is 4.79 Å². The molecule has 126 valence electrons. The van der Waals surface area contributed by atoms with Crippen LogP contribution in [0.25, 0.3) is 10.8 Å². The summed E-state index contributed by atoms with van der Waals surface area (Å²) in [6, 6.07) is 17.4. The molecule has 0 spiro atoms. The molecule has 5 heteroatoms. The largest absolute Gasteiger partial charge is 0.373 e. The Hall–Kier alpha value is -3.21. The van der Waals surface area contributed by atoms with Gasteiger partial charge in [-0.3, -0.25) is 9.78 Å². The number of aromatic nitrogens is 1. The third-order valence-electron chi connectivity index (χ3n) is 3.94. The van der Waals surface area contributed by atoms with Crippen LogP contribution in [0.4, 0.5) is 5.69 Å². The molecule has 0 saturated heterocycles. The Labute approximate surface area is 146 Å². The maximum Gasteiger partial charge on any atom is 0.262 e. The van der Waals surface area contributed by atoms with Gasteiger partial charge in [-0.25, -0.2) is 5.43 Å². The zero-order valence-corrected chi connectivity index (χ0v) is 14.0. The van der Waals surface area contributed by atoms with E-state index in [2.05, 4.69) is 33.0 Å². The van der Waals surface area contributed by atoms with Crippen LogP contribution in [-0.4, -0.2) is 23.1 Å². The average molecular weight is 332 g/mol. The van der Waals surface area contributed by atoms with E-state index in [1.165, 1.54) is 0 Å². The Morgan fingerprint density at radius 3 is 2.68 bits per heavy atom. The van der Waals surface area contributed by atoms with E-state index < -0.39 is 0 Å². The van der Waals surface area contributed by atoms with Gasteiger partial charge in [-0.2, -0.15) is 5.10 Å². The molecule has 1 unspecified atom stereocenters. The van der Waals surface area contributed by atoms with Gasteiger partial charge in [0.25, 0.3) is 5.91 Å². The van der Waals surface area contributed by atoms with Crippen LogP contribution >= 0.6 is 0 Å². The molecular weight excluding hydrogens is 312 g/mol. The number of anilines is 1. The number of carbonyl (C=O) groups is 1. The summed E-state index contributed by atoms with van der Waals surface area (Å²) in [6.45, 7) is 1.97. The van der Waals surface area contributed by atoms with E-state index in [-0.39, 0.29) is 11.9 Å². The Balaban J connectivity index is 1.69. The van der Waals surface area contributed by atoms with Crippen LogP contribution in [0.2, 0.25) is 0 Å². The van der Waals surface area contributed by atoms with E-state index in [4.69, 9.17) is 0 Å². The average Bonchev–Trinajstić information content (AvgIpc) is 2.67. The second-order valence-corrected chi connectivity index (χ2v) is 5.65. The smallest absolute Gasteiger partial charge is 0.262 e. The molecule has 3 aromatic rings. The summed E-state index contributed by atoms with van der Waals surface area (Å²) in [4.78, 5) is 16.3. The SMILES string of the molecule is CCC(Nc1cccc2ccccc12)C(=O)NN=Cc1ccncc1. The number of rotatable bonds is 6. The summed E-state index contributed by atoms with van der Waals surface area (Å²) in [6.07, 6.45) is 5.62. The Kier molecular flexibility index (Phi) is 5.36. The summed E-state index contributed by atoms with van der Waals surface area (Å²) in [5, 5.41) is 9.58. The van der Waals surface area contributed by atoms with Crippen LogP contribution in [0, 0.1) is 0 Å². The van der Waals surface area contributed by atoms with E-state index in [9.17, 15) is 4.79 Å². The number of pyridine rings is 1. The molecule has 0 saturated carbocycles. The van der Waals surface area contributed by atoms with Crippen molar-refractivity contribution >= 4 is 28.6 Å². The second kappa shape index (κ2) is 8.06. The van der Waals surface area contributed by atoms with Crippen molar-refractivity contribution in [3.05, 3.63) is 72.6 Å². The van der Waals surface area contributed by atoms with E-state index in [0.29, 0.717) is 6.42 Å². The van der Waals surface area contributed by atoms with Crippen LogP contribution in [0.5, 0.6) is 0 Å². The van der Waals surface area contributed by atoms with Crippen molar-refractivity contribution in [3.63, 3.8) is 0 Å². The highest BCUT2D eigenvalue weighted by atomic mass is 16.2. The third-order valence-corrected chi connectivity index (χ3v) is 3.94. The fourth-order valence-corrected chi connectivity index (χ4v) is 2.59. The molecule has 25 heavy (non-hydrogen) atoms. The highest BCUT2D eigenvalue weighted by molar-refractivity contribution is 5.96. The number of hydrogen-bond acceptors (Lipinski definition) is 4. The summed E-state index contributed by atoms with van der Waals surface area (Å²) < 4.78 is 0. The number of hydrazone groups is 1. The van der Waals surface area contributed by atoms with Crippen LogP contribution in [0.15, 0.2) is 72.1 Å². The molecule has 1 atom stereocenters. The predicted octanol–water partition coefficient (Wildman–Crippen LogP) is 3.58. The van der Waals surface area contributed by atoms with Gasteiger partial charge < -0.3 is 5.32 Å². The van der Waals surface area contributed by atoms with Gasteiger partial charge in [0.1, 0.15) is 6.04 Å². The topological polar surface area (TPSA) is 66.4 Å². The van der Waals surface area contributed by atoms with Crippen molar-refractivity contribution in [1.82, 2.24) is 10.4 Å². The normalized spacial score (nSPS) is 12.2. The van der Waals surface area contributed by atoms with Crippen molar-refractivity contribution in [3.8, 4) is 0 Å². The molecule has 3 rings (SSSR count). The Morgan fingerprint density at radius 1 is 1.12 bits per heavy atom. The first-order chi connectivity index (χ1) is 12.3. The van der Waals surface area contributed by atoms with Crippen molar-refractivity contribution in [2.75, 3.05) is 5.32 Å². The highest BCUT2D eigenvalue weighted by Gasteiger charge is 2.16. The number of hydrogen-bond donors (Lipinski definition) is 2. The van der Waals surface area contributed by atoms with Gasteiger partial charge >= 0.3 is 0 Å². The lowest BCUT2D eigenvalue weighted by molar-refractivity contribution is -0.121. The molecule has 5 nitrogen and oxygen atoms in total. The van der Waals surface area contributed by atoms with Gasteiger partial charge in [0, 0.05) is 23.5 Å². The molecule has 2 N–H and O–H groups in total. The molecule has 0 aliphatic heterocycles. The van der Waals surface area contributed by atoms with Crippen LogP contribution in [0.3, 0.4) is 0 Å². The zero-order valence-electron chi connectivity index (χ0n) is 14.0. The first-order valence-electron chi connectivity index (χ1n) is 8.25. The number of nitrogens with one attached hydrogen (secondary N) is 2. The standard InChI is InChI=1S/C20H20N4O/c1-2-18(20(25)24-22-14-15-10-12-21-13-11-15)23-19-9-5-7-16-6-3-4-8-17(16)19/h3-14,18,23H,2H2,1H3,(H,24,25). The number of carbonyl (C=O) groups excluding carboxylic acids is 1. The molecule has 2 aromatic carbocycles. The fourth-order valence-electron chi connectivity index (χ4n) is 2.59. The molecule has 1 heterocycles. The summed E-state index contributed by atoms with van der Waals surface area (Å²) in [7, 11) is 0. The molecule has 0 bridgehead atoms. The highest BCUT2D eigenvalue weighted by Crippen LogP contribution is 2.23. The number of fused-ring (bicyclic) bond motifs is 1. The van der Waals surface area contributed by atoms with Crippen LogP contribution < -0.4 is 10.7 Å². The Morgan fingerprint density at radius 2 is 1.88 bits per heavy atom. The summed E-state index contributed by atoms with van der Waals surface area (Å²) in [5.74, 6) is -0.166. The third kappa shape index (κ3) is 4.20. The molecule has 0 radical (unpaired) electrons. The van der Waals surface area contributed by atoms with E-state index in [1.807, 2.05) is 49.4 Å². The van der Waals surface area contributed by atoms with E-state index >= 15 is 0 Å². The summed E-state index contributed by atoms with van der Waals surface area (Å²) in [5.41, 5.74) is 4.42. The fraction of sp³-hybridized carbons (Fsp3) is 0.150. The van der Waals surface area contributed by atoms with Gasteiger partial charge in [-0.1, -0.05) is 43.3 Å². The van der Waals surface area contributed by atoms with E-state index in [1.54, 1.807) is 18.6 Å². The quantitative estimate of drug-likeness (QED) is 0.536. The minimum atomic E-state index is -0.361. The number of nitrogens with zero attached hydrogens (tertiary/aromatic N) is 2. The minimum Gasteiger partial charge on any atom is -0.373 e. The lowest BCUT2D eigenvalue weighted by Gasteiger charge is -2.18. The maximum atomic E-state index is 12.4. The minimum absolute atomic E-state index is 0.166. The summed E-state index contributed by atoms with van der Waals surface area (Å²) >= 11 is 0. The predicted molar refractivity (Wildman–Crippen MR) is 102 cm³/mol. The van der Waals surface area contributed by atoms with Gasteiger partial charge in [0.05, 0.1) is 6.21 Å². The van der Waals surface area contributed by atoms with Gasteiger partial charge in [0.15, 0.2) is 0 Å². The Bertz CT molecular complexity index is 872. The van der Waals surface area contributed by atoms with Crippen molar-refractivity contribution in [2.24, 2.45) is 5.10 Å². The molecule has 1 aromatic heterocycles. The van der Waals surface area contributed by atoms with Crippen molar-refractivity contribution in [2.45, 2.75) is 19.4 Å². The van der Waals surface area contributed by atoms with Gasteiger partial charge in [-0.05, 0) is 35.6 Å². The first-order valence-corrected chi connectivity index (χ1v) is 8.25.